The molecule has 1 nitrogen and oxygen atoms in total. The summed E-state index contributed by atoms with van der Waals surface area (Å²) in [5, 5.41) is 0. The van der Waals surface area contributed by atoms with Crippen molar-refractivity contribution >= 4 is 0 Å². The SMILES string of the molecule is CC(c1cc(F)cc(F)c1OCC1CC1)C(C)(C)C. The lowest BCUT2D eigenvalue weighted by molar-refractivity contribution is 0.267. The zero-order valence-electron chi connectivity index (χ0n) is 12.1. The summed E-state index contributed by atoms with van der Waals surface area (Å²) in [5.74, 6) is -0.334. The summed E-state index contributed by atoms with van der Waals surface area (Å²) in [5.41, 5.74) is 0.559. The van der Waals surface area contributed by atoms with Gasteiger partial charge in [-0.15, -0.1) is 0 Å². The van der Waals surface area contributed by atoms with Crippen LogP contribution in [0.25, 0.3) is 0 Å². The molecule has 1 aromatic rings. The second-order valence-electron chi connectivity index (χ2n) is 6.65. The summed E-state index contributed by atoms with van der Waals surface area (Å²) >= 11 is 0. The number of rotatable bonds is 4. The fourth-order valence-corrected chi connectivity index (χ4v) is 2.01. The van der Waals surface area contributed by atoms with Crippen LogP contribution in [0, 0.1) is 23.0 Å². The molecule has 1 fully saturated rings. The van der Waals surface area contributed by atoms with E-state index < -0.39 is 11.6 Å². The van der Waals surface area contributed by atoms with Crippen LogP contribution in [0.3, 0.4) is 0 Å². The first-order valence-corrected chi connectivity index (χ1v) is 6.90. The number of ether oxygens (including phenoxy) is 1. The Morgan fingerprint density at radius 1 is 1.26 bits per heavy atom. The highest BCUT2D eigenvalue weighted by atomic mass is 19.1. The summed E-state index contributed by atoms with van der Waals surface area (Å²) in [6.07, 6.45) is 2.29. The Balaban J connectivity index is 2.32. The lowest BCUT2D eigenvalue weighted by Gasteiger charge is -2.29. The van der Waals surface area contributed by atoms with Crippen LogP contribution >= 0.6 is 0 Å². The Bertz CT molecular complexity index is 459. The Morgan fingerprint density at radius 2 is 1.89 bits per heavy atom. The minimum atomic E-state index is -0.591. The molecular weight excluding hydrogens is 246 g/mol. The summed E-state index contributed by atoms with van der Waals surface area (Å²) < 4.78 is 33.1. The maximum Gasteiger partial charge on any atom is 0.168 e. The van der Waals surface area contributed by atoms with Gasteiger partial charge in [0.2, 0.25) is 0 Å². The van der Waals surface area contributed by atoms with Gasteiger partial charge in [-0.25, -0.2) is 8.78 Å². The third kappa shape index (κ3) is 3.46. The van der Waals surface area contributed by atoms with Crippen LogP contribution in [0.4, 0.5) is 8.78 Å². The molecule has 3 heteroatoms. The number of benzene rings is 1. The molecule has 0 heterocycles. The first kappa shape index (κ1) is 14.3. The van der Waals surface area contributed by atoms with E-state index in [4.69, 9.17) is 4.74 Å². The van der Waals surface area contributed by atoms with Gasteiger partial charge in [0, 0.05) is 11.6 Å². The highest BCUT2D eigenvalue weighted by Gasteiger charge is 2.28. The van der Waals surface area contributed by atoms with Gasteiger partial charge < -0.3 is 4.74 Å². The molecule has 19 heavy (non-hydrogen) atoms. The van der Waals surface area contributed by atoms with E-state index in [1.807, 2.05) is 6.92 Å². The molecule has 0 radical (unpaired) electrons. The lowest BCUT2D eigenvalue weighted by Crippen LogP contribution is -2.17. The van der Waals surface area contributed by atoms with Crippen molar-refractivity contribution in [1.29, 1.82) is 0 Å². The third-order valence-corrected chi connectivity index (χ3v) is 3.96. The normalized spacial score (nSPS) is 17.4. The van der Waals surface area contributed by atoms with Crippen molar-refractivity contribution in [2.75, 3.05) is 6.61 Å². The molecule has 1 aliphatic rings. The Kier molecular flexibility index (Phi) is 3.84. The molecule has 0 amide bonds. The first-order valence-electron chi connectivity index (χ1n) is 6.90. The van der Waals surface area contributed by atoms with E-state index in [0.717, 1.165) is 18.9 Å². The zero-order chi connectivity index (χ0) is 14.2. The van der Waals surface area contributed by atoms with E-state index >= 15 is 0 Å². The van der Waals surface area contributed by atoms with Crippen LogP contribution in [0.2, 0.25) is 0 Å². The number of hydrogen-bond acceptors (Lipinski definition) is 1. The molecule has 0 aromatic heterocycles. The predicted octanol–water partition coefficient (Wildman–Crippen LogP) is 4.90. The van der Waals surface area contributed by atoms with Crippen LogP contribution in [0.15, 0.2) is 12.1 Å². The molecule has 1 aliphatic carbocycles. The van der Waals surface area contributed by atoms with Gasteiger partial charge in [0.1, 0.15) is 5.82 Å². The highest BCUT2D eigenvalue weighted by molar-refractivity contribution is 5.39. The average Bonchev–Trinajstić information content (AvgIpc) is 3.08. The summed E-state index contributed by atoms with van der Waals surface area (Å²) in [4.78, 5) is 0. The molecule has 1 saturated carbocycles. The Labute approximate surface area is 114 Å². The standard InChI is InChI=1S/C16H22F2O/c1-10(16(2,3)4)13-7-12(17)8-14(18)15(13)19-9-11-5-6-11/h7-8,10-11H,5-6,9H2,1-4H3. The van der Waals surface area contributed by atoms with Crippen LogP contribution in [-0.4, -0.2) is 6.61 Å². The second kappa shape index (κ2) is 5.10. The Hall–Kier alpha value is -1.12. The molecule has 106 valence electrons. The maximum atomic E-state index is 14.0. The smallest absolute Gasteiger partial charge is 0.168 e. The van der Waals surface area contributed by atoms with Crippen molar-refractivity contribution in [3.8, 4) is 5.75 Å². The third-order valence-electron chi connectivity index (χ3n) is 3.96. The molecular formula is C16H22F2O. The largest absolute Gasteiger partial charge is 0.490 e. The first-order chi connectivity index (χ1) is 8.79. The summed E-state index contributed by atoms with van der Waals surface area (Å²) in [7, 11) is 0. The quantitative estimate of drug-likeness (QED) is 0.754. The summed E-state index contributed by atoms with van der Waals surface area (Å²) in [6, 6.07) is 2.31. The second-order valence-corrected chi connectivity index (χ2v) is 6.65. The van der Waals surface area contributed by atoms with Crippen LogP contribution in [0.1, 0.15) is 52.0 Å². The van der Waals surface area contributed by atoms with Crippen LogP contribution in [-0.2, 0) is 0 Å². The van der Waals surface area contributed by atoms with Crippen LogP contribution < -0.4 is 4.74 Å². The molecule has 0 N–H and O–H groups in total. The van der Waals surface area contributed by atoms with E-state index in [0.29, 0.717) is 18.1 Å². The molecule has 0 spiro atoms. The molecule has 0 aliphatic heterocycles. The predicted molar refractivity (Wildman–Crippen MR) is 72.4 cm³/mol. The van der Waals surface area contributed by atoms with E-state index in [1.54, 1.807) is 0 Å². The maximum absolute atomic E-state index is 14.0. The number of hydrogen-bond donors (Lipinski definition) is 0. The topological polar surface area (TPSA) is 9.23 Å². The minimum Gasteiger partial charge on any atom is -0.490 e. The molecule has 1 aromatic carbocycles. The van der Waals surface area contributed by atoms with E-state index in [-0.39, 0.29) is 17.1 Å². The van der Waals surface area contributed by atoms with Crippen molar-refractivity contribution < 1.29 is 13.5 Å². The number of halogens is 2. The van der Waals surface area contributed by atoms with Gasteiger partial charge in [0.15, 0.2) is 11.6 Å². The van der Waals surface area contributed by atoms with Crippen molar-refractivity contribution in [1.82, 2.24) is 0 Å². The van der Waals surface area contributed by atoms with E-state index in [2.05, 4.69) is 20.8 Å². The highest BCUT2D eigenvalue weighted by Crippen LogP contribution is 2.41. The van der Waals surface area contributed by atoms with Gasteiger partial charge in [-0.05, 0) is 36.2 Å². The zero-order valence-corrected chi connectivity index (χ0v) is 12.1. The lowest BCUT2D eigenvalue weighted by atomic mass is 9.77. The monoisotopic (exact) mass is 268 g/mol. The van der Waals surface area contributed by atoms with Gasteiger partial charge in [0.25, 0.3) is 0 Å². The van der Waals surface area contributed by atoms with Gasteiger partial charge in [-0.3, -0.25) is 0 Å². The minimum absolute atomic E-state index is 0.0203. The molecule has 1 unspecified atom stereocenters. The Morgan fingerprint density at radius 3 is 2.42 bits per heavy atom. The van der Waals surface area contributed by atoms with Crippen LogP contribution in [0.5, 0.6) is 5.75 Å². The molecule has 1 atom stereocenters. The van der Waals surface area contributed by atoms with E-state index in [9.17, 15) is 8.78 Å². The van der Waals surface area contributed by atoms with Crippen molar-refractivity contribution in [2.24, 2.45) is 11.3 Å². The van der Waals surface area contributed by atoms with Crippen molar-refractivity contribution in [2.45, 2.75) is 46.5 Å². The summed E-state index contributed by atoms with van der Waals surface area (Å²) in [6.45, 7) is 8.70. The molecule has 2 rings (SSSR count). The molecule has 0 saturated heterocycles. The van der Waals surface area contributed by atoms with E-state index in [1.165, 1.54) is 6.07 Å². The molecule has 0 bridgehead atoms. The average molecular weight is 268 g/mol. The fourth-order valence-electron chi connectivity index (χ4n) is 2.01. The fraction of sp³-hybridized carbons (Fsp3) is 0.625. The van der Waals surface area contributed by atoms with Gasteiger partial charge in [-0.2, -0.15) is 0 Å². The van der Waals surface area contributed by atoms with Crippen molar-refractivity contribution in [3.05, 3.63) is 29.3 Å². The van der Waals surface area contributed by atoms with Gasteiger partial charge >= 0.3 is 0 Å². The van der Waals surface area contributed by atoms with Crippen molar-refractivity contribution in [3.63, 3.8) is 0 Å². The van der Waals surface area contributed by atoms with Gasteiger partial charge in [0.05, 0.1) is 6.61 Å². The van der Waals surface area contributed by atoms with Gasteiger partial charge in [-0.1, -0.05) is 27.7 Å².